The Morgan fingerprint density at radius 2 is 2.19 bits per heavy atom. The Morgan fingerprint density at radius 1 is 1.44 bits per heavy atom. The van der Waals surface area contributed by atoms with Crippen molar-refractivity contribution in [3.8, 4) is 0 Å². The topological polar surface area (TPSA) is 50.9 Å². The van der Waals surface area contributed by atoms with Crippen LogP contribution in [0.3, 0.4) is 0 Å². The van der Waals surface area contributed by atoms with Crippen LogP contribution in [-0.2, 0) is 7.05 Å². The molecule has 0 aliphatic rings. The van der Waals surface area contributed by atoms with Gasteiger partial charge in [0, 0.05) is 12.1 Å². The third-order valence-electron chi connectivity index (χ3n) is 2.54. The number of aryl methyl sites for hydroxylation is 2. The molecule has 0 radical (unpaired) electrons. The number of halogens is 1. The van der Waals surface area contributed by atoms with E-state index in [-0.39, 0.29) is 0 Å². The molecule has 1 heterocycles. The highest BCUT2D eigenvalue weighted by Crippen LogP contribution is 2.25. The lowest BCUT2D eigenvalue weighted by molar-refractivity contribution is 0.210. The van der Waals surface area contributed by atoms with Gasteiger partial charge in [0.05, 0.1) is 11.9 Å². The second-order valence-electron chi connectivity index (χ2n) is 3.69. The van der Waals surface area contributed by atoms with Crippen molar-refractivity contribution in [3.63, 3.8) is 0 Å². The largest absolute Gasteiger partial charge is 0.382 e. The maximum atomic E-state index is 10.1. The van der Waals surface area contributed by atoms with Gasteiger partial charge in [-0.2, -0.15) is 0 Å². The SMILES string of the molecule is Cc1ccc(C(O)c2cnnn2C)cc1Cl. The quantitative estimate of drug-likeness (QED) is 0.868. The highest BCUT2D eigenvalue weighted by molar-refractivity contribution is 6.31. The molecular formula is C11H12ClN3O. The summed E-state index contributed by atoms with van der Waals surface area (Å²) in [5, 5.41) is 18.3. The van der Waals surface area contributed by atoms with Crippen molar-refractivity contribution >= 4 is 11.6 Å². The van der Waals surface area contributed by atoms with E-state index in [1.165, 1.54) is 0 Å². The zero-order chi connectivity index (χ0) is 11.7. The molecule has 0 spiro atoms. The summed E-state index contributed by atoms with van der Waals surface area (Å²) in [5.74, 6) is 0. The van der Waals surface area contributed by atoms with Gasteiger partial charge in [0.2, 0.25) is 0 Å². The van der Waals surface area contributed by atoms with E-state index in [9.17, 15) is 5.11 Å². The number of nitrogens with zero attached hydrogens (tertiary/aromatic N) is 3. The molecule has 16 heavy (non-hydrogen) atoms. The number of benzene rings is 1. The lowest BCUT2D eigenvalue weighted by Crippen LogP contribution is -2.06. The number of aliphatic hydroxyl groups excluding tert-OH is 1. The first-order chi connectivity index (χ1) is 7.59. The minimum atomic E-state index is -0.752. The summed E-state index contributed by atoms with van der Waals surface area (Å²) >= 11 is 6.01. The Bertz CT molecular complexity index is 510. The van der Waals surface area contributed by atoms with Crippen LogP contribution >= 0.6 is 11.6 Å². The van der Waals surface area contributed by atoms with Crippen LogP contribution in [0.4, 0.5) is 0 Å². The Labute approximate surface area is 98.5 Å². The van der Waals surface area contributed by atoms with Gasteiger partial charge in [0.15, 0.2) is 0 Å². The number of rotatable bonds is 2. The summed E-state index contributed by atoms with van der Waals surface area (Å²) < 4.78 is 1.54. The van der Waals surface area contributed by atoms with Crippen molar-refractivity contribution in [3.05, 3.63) is 46.2 Å². The molecule has 1 N–H and O–H groups in total. The number of aliphatic hydroxyl groups is 1. The average Bonchev–Trinajstić information content (AvgIpc) is 2.67. The normalized spacial score (nSPS) is 12.8. The number of aromatic nitrogens is 3. The first-order valence-electron chi connectivity index (χ1n) is 4.88. The fourth-order valence-corrected chi connectivity index (χ4v) is 1.68. The van der Waals surface area contributed by atoms with Crippen molar-refractivity contribution in [2.45, 2.75) is 13.0 Å². The van der Waals surface area contributed by atoms with Crippen molar-refractivity contribution in [1.29, 1.82) is 0 Å². The van der Waals surface area contributed by atoms with Gasteiger partial charge >= 0.3 is 0 Å². The van der Waals surface area contributed by atoms with Gasteiger partial charge in [-0.05, 0) is 24.1 Å². The molecule has 0 aliphatic carbocycles. The van der Waals surface area contributed by atoms with Gasteiger partial charge in [-0.25, -0.2) is 4.68 Å². The Balaban J connectivity index is 2.38. The molecule has 1 unspecified atom stereocenters. The standard InChI is InChI=1S/C11H12ClN3O/c1-7-3-4-8(5-9(7)12)11(16)10-6-13-14-15(10)2/h3-6,11,16H,1-2H3. The monoisotopic (exact) mass is 237 g/mol. The van der Waals surface area contributed by atoms with Crippen LogP contribution in [0.5, 0.6) is 0 Å². The Hall–Kier alpha value is -1.39. The molecule has 0 bridgehead atoms. The summed E-state index contributed by atoms with van der Waals surface area (Å²) in [6.45, 7) is 1.92. The third kappa shape index (κ3) is 1.94. The van der Waals surface area contributed by atoms with Crippen LogP contribution < -0.4 is 0 Å². The summed E-state index contributed by atoms with van der Waals surface area (Å²) in [4.78, 5) is 0. The zero-order valence-electron chi connectivity index (χ0n) is 9.05. The molecule has 2 rings (SSSR count). The van der Waals surface area contributed by atoms with E-state index < -0.39 is 6.10 Å². The second kappa shape index (κ2) is 4.23. The smallest absolute Gasteiger partial charge is 0.122 e. The van der Waals surface area contributed by atoms with Gasteiger partial charge in [-0.1, -0.05) is 28.9 Å². The van der Waals surface area contributed by atoms with E-state index in [0.29, 0.717) is 10.7 Å². The van der Waals surface area contributed by atoms with Crippen LogP contribution in [0.2, 0.25) is 5.02 Å². The van der Waals surface area contributed by atoms with Crippen molar-refractivity contribution in [2.75, 3.05) is 0 Å². The van der Waals surface area contributed by atoms with Crippen molar-refractivity contribution < 1.29 is 5.11 Å². The van der Waals surface area contributed by atoms with Crippen LogP contribution in [0.15, 0.2) is 24.4 Å². The van der Waals surface area contributed by atoms with E-state index in [1.807, 2.05) is 19.1 Å². The maximum Gasteiger partial charge on any atom is 0.122 e. The van der Waals surface area contributed by atoms with E-state index in [2.05, 4.69) is 10.3 Å². The van der Waals surface area contributed by atoms with Gasteiger partial charge in [0.25, 0.3) is 0 Å². The lowest BCUT2D eigenvalue weighted by atomic mass is 10.1. The third-order valence-corrected chi connectivity index (χ3v) is 2.95. The maximum absolute atomic E-state index is 10.1. The molecule has 0 aliphatic heterocycles. The molecule has 1 aromatic heterocycles. The second-order valence-corrected chi connectivity index (χ2v) is 4.10. The van der Waals surface area contributed by atoms with Crippen LogP contribution in [0, 0.1) is 6.92 Å². The predicted molar refractivity (Wildman–Crippen MR) is 61.3 cm³/mol. The first kappa shape index (κ1) is 11.1. The minimum Gasteiger partial charge on any atom is -0.382 e. The van der Waals surface area contributed by atoms with Crippen LogP contribution in [0.25, 0.3) is 0 Å². The minimum absolute atomic E-state index is 0.639. The Kier molecular flexibility index (Phi) is 2.94. The van der Waals surface area contributed by atoms with Crippen molar-refractivity contribution in [2.24, 2.45) is 7.05 Å². The van der Waals surface area contributed by atoms with Gasteiger partial charge in [-0.3, -0.25) is 0 Å². The molecule has 2 aromatic rings. The summed E-state index contributed by atoms with van der Waals surface area (Å²) in [5.41, 5.74) is 2.36. The molecule has 4 nitrogen and oxygen atoms in total. The van der Waals surface area contributed by atoms with E-state index in [4.69, 9.17) is 11.6 Å². The predicted octanol–water partition coefficient (Wildman–Crippen LogP) is 1.86. The van der Waals surface area contributed by atoms with E-state index in [1.54, 1.807) is 24.0 Å². The molecule has 1 atom stereocenters. The molecule has 1 aromatic carbocycles. The van der Waals surface area contributed by atoms with Gasteiger partial charge < -0.3 is 5.11 Å². The van der Waals surface area contributed by atoms with E-state index >= 15 is 0 Å². The van der Waals surface area contributed by atoms with E-state index in [0.717, 1.165) is 11.1 Å². The number of hydrogen-bond donors (Lipinski definition) is 1. The molecular weight excluding hydrogens is 226 g/mol. The average molecular weight is 238 g/mol. The summed E-state index contributed by atoms with van der Waals surface area (Å²) in [6.07, 6.45) is 0.788. The highest BCUT2D eigenvalue weighted by atomic mass is 35.5. The zero-order valence-corrected chi connectivity index (χ0v) is 9.81. The molecule has 0 saturated heterocycles. The lowest BCUT2D eigenvalue weighted by Gasteiger charge is -2.11. The summed E-state index contributed by atoms with van der Waals surface area (Å²) in [7, 11) is 1.74. The summed E-state index contributed by atoms with van der Waals surface area (Å²) in [6, 6.07) is 5.48. The highest BCUT2D eigenvalue weighted by Gasteiger charge is 2.15. The van der Waals surface area contributed by atoms with Crippen LogP contribution in [0.1, 0.15) is 22.9 Å². The Morgan fingerprint density at radius 3 is 2.75 bits per heavy atom. The van der Waals surface area contributed by atoms with Crippen LogP contribution in [-0.4, -0.2) is 20.1 Å². The first-order valence-corrected chi connectivity index (χ1v) is 5.26. The van der Waals surface area contributed by atoms with Gasteiger partial charge in [0.1, 0.15) is 6.10 Å². The molecule has 5 heteroatoms. The molecule has 0 amide bonds. The number of hydrogen-bond acceptors (Lipinski definition) is 3. The van der Waals surface area contributed by atoms with Crippen molar-refractivity contribution in [1.82, 2.24) is 15.0 Å². The molecule has 84 valence electrons. The fraction of sp³-hybridized carbons (Fsp3) is 0.273. The van der Waals surface area contributed by atoms with Gasteiger partial charge in [-0.15, -0.1) is 5.10 Å². The molecule has 0 fully saturated rings. The fourth-order valence-electron chi connectivity index (χ4n) is 1.50. The molecule has 0 saturated carbocycles.